The maximum Gasteiger partial charge on any atom is 0.442 e. The molecule has 0 fully saturated rings. The molecule has 0 aromatic heterocycles. The van der Waals surface area contributed by atoms with Gasteiger partial charge in [-0.3, -0.25) is 9.59 Å². The first-order valence-electron chi connectivity index (χ1n) is 7.35. The number of hydrogen-bond donors (Lipinski definition) is 2. The second-order valence-electron chi connectivity index (χ2n) is 5.42. The Balaban J connectivity index is 2.03. The molecule has 0 unspecified atom stereocenters. The van der Waals surface area contributed by atoms with Gasteiger partial charge in [0.05, 0.1) is 5.56 Å². The number of alkyl halides is 3. The molecule has 2 N–H and O–H groups in total. The predicted octanol–water partition coefficient (Wildman–Crippen LogP) is 2.39. The van der Waals surface area contributed by atoms with E-state index in [0.717, 1.165) is 12.1 Å². The summed E-state index contributed by atoms with van der Waals surface area (Å²) in [6.07, 6.45) is -5.24. The van der Waals surface area contributed by atoms with Crippen molar-refractivity contribution >= 4 is 17.6 Å². The van der Waals surface area contributed by atoms with Gasteiger partial charge in [0.15, 0.2) is 0 Å². The van der Waals surface area contributed by atoms with E-state index in [1.54, 1.807) is 18.2 Å². The Labute approximate surface area is 144 Å². The Morgan fingerprint density at radius 3 is 2.27 bits per heavy atom. The third kappa shape index (κ3) is 2.92. The van der Waals surface area contributed by atoms with E-state index < -0.39 is 35.0 Å². The van der Waals surface area contributed by atoms with Crippen LogP contribution < -0.4 is 10.6 Å². The Morgan fingerprint density at radius 2 is 1.65 bits per heavy atom. The van der Waals surface area contributed by atoms with Crippen LogP contribution in [0.15, 0.2) is 59.6 Å². The quantitative estimate of drug-likeness (QED) is 0.820. The van der Waals surface area contributed by atoms with Crippen molar-refractivity contribution in [1.82, 2.24) is 10.6 Å². The molecule has 0 saturated carbocycles. The molecule has 2 aromatic rings. The molecular weight excluding hydrogens is 354 g/mol. The number of benzene rings is 2. The van der Waals surface area contributed by atoms with Gasteiger partial charge in [0.2, 0.25) is 0 Å². The molecule has 0 radical (unpaired) electrons. The first-order chi connectivity index (χ1) is 12.2. The summed E-state index contributed by atoms with van der Waals surface area (Å²) >= 11 is 0. The largest absolute Gasteiger partial charge is 0.442 e. The van der Waals surface area contributed by atoms with Crippen molar-refractivity contribution in [2.75, 3.05) is 0 Å². The van der Waals surface area contributed by atoms with Gasteiger partial charge in [-0.05, 0) is 12.1 Å². The first kappa shape index (κ1) is 17.6. The number of carbonyl (C=O) groups is 2. The van der Waals surface area contributed by atoms with E-state index >= 15 is 0 Å². The van der Waals surface area contributed by atoms with E-state index in [9.17, 15) is 27.2 Å². The zero-order chi connectivity index (χ0) is 18.9. The number of rotatable bonds is 3. The molecule has 9 heteroatoms. The lowest BCUT2D eigenvalue weighted by Gasteiger charge is -2.27. The van der Waals surface area contributed by atoms with Gasteiger partial charge in [-0.1, -0.05) is 42.5 Å². The monoisotopic (exact) mass is 365 g/mol. The van der Waals surface area contributed by atoms with E-state index in [1.807, 2.05) is 5.32 Å². The Bertz CT molecular complexity index is 896. The van der Waals surface area contributed by atoms with Crippen molar-refractivity contribution in [3.63, 3.8) is 0 Å². The number of aliphatic imine (C=N–C) groups is 1. The molecule has 1 aliphatic rings. The van der Waals surface area contributed by atoms with E-state index in [1.165, 1.54) is 29.6 Å². The summed E-state index contributed by atoms with van der Waals surface area (Å²) in [7, 11) is 0. The molecule has 0 spiro atoms. The van der Waals surface area contributed by atoms with Crippen LogP contribution in [0.4, 0.5) is 17.6 Å². The summed E-state index contributed by atoms with van der Waals surface area (Å²) in [4.78, 5) is 27.7. The number of hydrogen-bond acceptors (Lipinski definition) is 3. The molecule has 1 aliphatic heterocycles. The van der Waals surface area contributed by atoms with Gasteiger partial charge in [-0.2, -0.15) is 13.2 Å². The lowest BCUT2D eigenvalue weighted by molar-refractivity contribution is -0.192. The average molecular weight is 365 g/mol. The number of halogens is 4. The van der Waals surface area contributed by atoms with Crippen LogP contribution in [0.3, 0.4) is 0 Å². The van der Waals surface area contributed by atoms with Gasteiger partial charge in [-0.15, -0.1) is 0 Å². The maximum atomic E-state index is 13.7. The van der Waals surface area contributed by atoms with Crippen LogP contribution in [0.2, 0.25) is 0 Å². The SMILES string of the molecule is O=C(N[C@]1(C(F)(F)F)N=C(c2ccccc2)NC1=O)c1ccccc1F. The van der Waals surface area contributed by atoms with E-state index in [2.05, 4.69) is 4.99 Å². The Morgan fingerprint density at radius 1 is 1.04 bits per heavy atom. The molecule has 26 heavy (non-hydrogen) atoms. The number of amidine groups is 1. The van der Waals surface area contributed by atoms with Crippen molar-refractivity contribution in [2.45, 2.75) is 11.8 Å². The fourth-order valence-electron chi connectivity index (χ4n) is 2.40. The standard InChI is InChI=1S/C17H11F4N3O2/c18-12-9-5-4-8-11(12)14(25)24-16(17(19,20)21)15(26)22-13(23-16)10-6-2-1-3-7-10/h1-9H,(H,24,25)(H,22,23,26)/t16-/m1/s1. The molecule has 0 bridgehead atoms. The predicted molar refractivity (Wildman–Crippen MR) is 83.8 cm³/mol. The summed E-state index contributed by atoms with van der Waals surface area (Å²) in [6, 6.07) is 12.1. The van der Waals surface area contributed by atoms with Crippen LogP contribution >= 0.6 is 0 Å². The van der Waals surface area contributed by atoms with Crippen LogP contribution in [0.5, 0.6) is 0 Å². The van der Waals surface area contributed by atoms with Crippen molar-refractivity contribution in [3.8, 4) is 0 Å². The lowest BCUT2D eigenvalue weighted by atomic mass is 10.1. The first-order valence-corrected chi connectivity index (χ1v) is 7.35. The molecule has 2 aromatic carbocycles. The fourth-order valence-corrected chi connectivity index (χ4v) is 2.40. The van der Waals surface area contributed by atoms with Crippen molar-refractivity contribution in [3.05, 3.63) is 71.5 Å². The minimum atomic E-state index is -5.24. The molecule has 2 amide bonds. The van der Waals surface area contributed by atoms with Gasteiger partial charge in [-0.25, -0.2) is 9.38 Å². The highest BCUT2D eigenvalue weighted by atomic mass is 19.4. The second-order valence-corrected chi connectivity index (χ2v) is 5.42. The smallest absolute Gasteiger partial charge is 0.312 e. The highest BCUT2D eigenvalue weighted by Crippen LogP contribution is 2.35. The van der Waals surface area contributed by atoms with Gasteiger partial charge in [0.25, 0.3) is 11.8 Å². The Hall–Kier alpha value is -3.23. The molecule has 5 nitrogen and oxygen atoms in total. The average Bonchev–Trinajstić information content (AvgIpc) is 2.93. The van der Waals surface area contributed by atoms with Crippen LogP contribution in [0.25, 0.3) is 0 Å². The number of amides is 2. The molecule has 0 aliphatic carbocycles. The third-order valence-electron chi connectivity index (χ3n) is 3.71. The zero-order valence-corrected chi connectivity index (χ0v) is 13.0. The lowest BCUT2D eigenvalue weighted by Crippen LogP contribution is -2.63. The molecular formula is C17H11F4N3O2. The Kier molecular flexibility index (Phi) is 4.23. The minimum Gasteiger partial charge on any atom is -0.312 e. The van der Waals surface area contributed by atoms with Gasteiger partial charge in [0.1, 0.15) is 11.7 Å². The molecule has 3 rings (SSSR count). The van der Waals surface area contributed by atoms with Gasteiger partial charge in [0, 0.05) is 5.56 Å². The van der Waals surface area contributed by atoms with Crippen molar-refractivity contribution in [2.24, 2.45) is 4.99 Å². The maximum absolute atomic E-state index is 13.7. The summed E-state index contributed by atoms with van der Waals surface area (Å²) in [6.45, 7) is 0. The fraction of sp³-hybridized carbons (Fsp3) is 0.118. The molecule has 1 atom stereocenters. The summed E-state index contributed by atoms with van der Waals surface area (Å²) in [5, 5.41) is 3.56. The molecule has 134 valence electrons. The van der Waals surface area contributed by atoms with E-state index in [4.69, 9.17) is 0 Å². The zero-order valence-electron chi connectivity index (χ0n) is 13.0. The summed E-state index contributed by atoms with van der Waals surface area (Å²) in [5.74, 6) is -4.35. The molecule has 1 heterocycles. The second kappa shape index (κ2) is 6.25. The van der Waals surface area contributed by atoms with E-state index in [0.29, 0.717) is 0 Å². The highest BCUT2D eigenvalue weighted by molar-refractivity contribution is 6.16. The highest BCUT2D eigenvalue weighted by Gasteiger charge is 2.65. The van der Waals surface area contributed by atoms with Gasteiger partial charge >= 0.3 is 11.8 Å². The van der Waals surface area contributed by atoms with Crippen LogP contribution in [-0.2, 0) is 4.79 Å². The molecule has 0 saturated heterocycles. The summed E-state index contributed by atoms with van der Waals surface area (Å²) < 4.78 is 54.7. The minimum absolute atomic E-state index is 0.229. The van der Waals surface area contributed by atoms with Crippen LogP contribution in [-0.4, -0.2) is 29.5 Å². The number of carbonyl (C=O) groups excluding carboxylic acids is 2. The van der Waals surface area contributed by atoms with Crippen LogP contribution in [0, 0.1) is 5.82 Å². The topological polar surface area (TPSA) is 70.6 Å². The van der Waals surface area contributed by atoms with Crippen molar-refractivity contribution < 1.29 is 27.2 Å². The van der Waals surface area contributed by atoms with Crippen LogP contribution in [0.1, 0.15) is 15.9 Å². The van der Waals surface area contributed by atoms with Crippen molar-refractivity contribution in [1.29, 1.82) is 0 Å². The van der Waals surface area contributed by atoms with E-state index in [-0.39, 0.29) is 11.4 Å². The van der Waals surface area contributed by atoms with Gasteiger partial charge < -0.3 is 10.6 Å². The summed E-state index contributed by atoms with van der Waals surface area (Å²) in [5.41, 5.74) is -3.95. The third-order valence-corrected chi connectivity index (χ3v) is 3.71. The normalized spacial score (nSPS) is 19.7. The number of nitrogens with zero attached hydrogens (tertiary/aromatic N) is 1. The number of nitrogens with one attached hydrogen (secondary N) is 2.